The van der Waals surface area contributed by atoms with Crippen molar-refractivity contribution in [1.29, 1.82) is 0 Å². The van der Waals surface area contributed by atoms with E-state index < -0.39 is 0 Å². The van der Waals surface area contributed by atoms with Crippen molar-refractivity contribution >= 4 is 5.84 Å². The fourth-order valence-corrected chi connectivity index (χ4v) is 0.729. The molecule has 0 unspecified atom stereocenters. The fraction of sp³-hybridized carbons (Fsp3) is 0.375. The van der Waals surface area contributed by atoms with Gasteiger partial charge in [-0.2, -0.15) is 0 Å². The summed E-state index contributed by atoms with van der Waals surface area (Å²) in [4.78, 5) is 4.08. The van der Waals surface area contributed by atoms with Gasteiger partial charge in [0.25, 0.3) is 0 Å². The predicted octanol–water partition coefficient (Wildman–Crippen LogP) is 1.82. The number of nitrogens with zero attached hydrogens (tertiary/aromatic N) is 1. The number of amidine groups is 1. The first-order valence-electron chi connectivity index (χ1n) is 3.56. The van der Waals surface area contributed by atoms with Crippen molar-refractivity contribution in [2.75, 3.05) is 0 Å². The van der Waals surface area contributed by atoms with Crippen LogP contribution in [0.1, 0.15) is 19.8 Å². The van der Waals surface area contributed by atoms with Crippen molar-refractivity contribution in [2.24, 2.45) is 4.99 Å². The highest BCUT2D eigenvalue weighted by atomic mass is 15.0. The molecule has 54 valence electrons. The van der Waals surface area contributed by atoms with Crippen molar-refractivity contribution in [3.05, 3.63) is 24.6 Å². The Morgan fingerprint density at radius 1 is 1.80 bits per heavy atom. The summed E-state index contributed by atoms with van der Waals surface area (Å²) >= 11 is 0. The van der Waals surface area contributed by atoms with Crippen LogP contribution in [-0.2, 0) is 0 Å². The van der Waals surface area contributed by atoms with E-state index in [2.05, 4.69) is 23.3 Å². The molecule has 0 saturated heterocycles. The number of aliphatic imine (C=N–C) groups is 1. The van der Waals surface area contributed by atoms with Gasteiger partial charge < -0.3 is 5.32 Å². The minimum Gasteiger partial charge on any atom is -0.350 e. The van der Waals surface area contributed by atoms with Crippen molar-refractivity contribution in [1.82, 2.24) is 5.32 Å². The third-order valence-electron chi connectivity index (χ3n) is 1.25. The quantitative estimate of drug-likeness (QED) is 0.615. The highest BCUT2D eigenvalue weighted by Gasteiger charge is 1.95. The molecule has 10 heavy (non-hydrogen) atoms. The molecule has 0 atom stereocenters. The summed E-state index contributed by atoms with van der Waals surface area (Å²) in [5, 5.41) is 3.09. The van der Waals surface area contributed by atoms with Crippen LogP contribution in [0.3, 0.4) is 0 Å². The Bertz CT molecular complexity index is 178. The van der Waals surface area contributed by atoms with E-state index in [4.69, 9.17) is 0 Å². The highest BCUT2D eigenvalue weighted by Crippen LogP contribution is 1.96. The Balaban J connectivity index is 2.21. The fourth-order valence-electron chi connectivity index (χ4n) is 0.729. The standard InChI is InChI=1S/C8H12N2/c1-2-3-6-9-8-5-4-7-10-8/h3-4,6-7H,2,5H2,1H3,(H,9,10)/b6-3-. The van der Waals surface area contributed by atoms with E-state index in [0.717, 1.165) is 18.7 Å². The molecule has 0 aromatic carbocycles. The smallest absolute Gasteiger partial charge is 0.109 e. The third kappa shape index (κ3) is 2.05. The number of hydrogen-bond donors (Lipinski definition) is 1. The van der Waals surface area contributed by atoms with E-state index >= 15 is 0 Å². The molecule has 0 radical (unpaired) electrons. The van der Waals surface area contributed by atoms with Gasteiger partial charge in [-0.15, -0.1) is 0 Å². The zero-order valence-electron chi connectivity index (χ0n) is 6.17. The van der Waals surface area contributed by atoms with Gasteiger partial charge in [-0.3, -0.25) is 0 Å². The molecule has 1 rings (SSSR count). The average molecular weight is 136 g/mol. The number of nitrogens with one attached hydrogen (secondary N) is 1. The van der Waals surface area contributed by atoms with E-state index in [1.165, 1.54) is 0 Å². The minimum absolute atomic E-state index is 0.939. The first kappa shape index (κ1) is 7.06. The molecule has 0 aromatic heterocycles. The molecule has 0 spiro atoms. The number of rotatable bonds is 2. The number of allylic oxidation sites excluding steroid dienone is 1. The number of hydrogen-bond acceptors (Lipinski definition) is 2. The van der Waals surface area contributed by atoms with Gasteiger partial charge in [0, 0.05) is 12.6 Å². The van der Waals surface area contributed by atoms with Crippen LogP contribution in [0.25, 0.3) is 0 Å². The Morgan fingerprint density at radius 2 is 2.70 bits per heavy atom. The zero-order chi connectivity index (χ0) is 7.23. The summed E-state index contributed by atoms with van der Waals surface area (Å²) in [6.45, 7) is 2.10. The van der Waals surface area contributed by atoms with Gasteiger partial charge in [-0.05, 0) is 12.6 Å². The molecule has 0 aliphatic carbocycles. The van der Waals surface area contributed by atoms with E-state index in [-0.39, 0.29) is 0 Å². The molecule has 0 saturated carbocycles. The van der Waals surface area contributed by atoms with Crippen LogP contribution >= 0.6 is 0 Å². The maximum absolute atomic E-state index is 4.08. The average Bonchev–Trinajstić information content (AvgIpc) is 2.41. The van der Waals surface area contributed by atoms with Crippen molar-refractivity contribution < 1.29 is 0 Å². The molecule has 1 aliphatic heterocycles. The lowest BCUT2D eigenvalue weighted by molar-refractivity contribution is 1.15. The summed E-state index contributed by atoms with van der Waals surface area (Å²) in [6, 6.07) is 0. The van der Waals surface area contributed by atoms with Crippen molar-refractivity contribution in [2.45, 2.75) is 19.8 Å². The van der Waals surface area contributed by atoms with Crippen LogP contribution in [0.15, 0.2) is 29.5 Å². The van der Waals surface area contributed by atoms with Crippen LogP contribution in [0.2, 0.25) is 0 Å². The molecule has 1 N–H and O–H groups in total. The van der Waals surface area contributed by atoms with Gasteiger partial charge in [0.1, 0.15) is 5.84 Å². The van der Waals surface area contributed by atoms with E-state index in [1.54, 1.807) is 0 Å². The normalized spacial score (nSPS) is 16.3. The van der Waals surface area contributed by atoms with Gasteiger partial charge in [0.05, 0.1) is 0 Å². The maximum Gasteiger partial charge on any atom is 0.109 e. The molecule has 0 bridgehead atoms. The lowest BCUT2D eigenvalue weighted by Gasteiger charge is -1.95. The molecule has 2 heteroatoms. The second kappa shape index (κ2) is 3.88. The lowest BCUT2D eigenvalue weighted by atomic mass is 10.4. The molecule has 2 nitrogen and oxygen atoms in total. The monoisotopic (exact) mass is 136 g/mol. The Morgan fingerprint density at radius 3 is 3.30 bits per heavy atom. The van der Waals surface area contributed by atoms with Crippen LogP contribution < -0.4 is 5.32 Å². The SMILES string of the molecule is CC/C=C\NC1=NC=CC1. The zero-order valence-corrected chi connectivity index (χ0v) is 6.17. The molecule has 0 aromatic rings. The second-order valence-corrected chi connectivity index (χ2v) is 2.12. The molecule has 0 fully saturated rings. The first-order valence-corrected chi connectivity index (χ1v) is 3.56. The Kier molecular flexibility index (Phi) is 2.74. The second-order valence-electron chi connectivity index (χ2n) is 2.12. The largest absolute Gasteiger partial charge is 0.350 e. The summed E-state index contributed by atoms with van der Waals surface area (Å²) in [7, 11) is 0. The first-order chi connectivity index (χ1) is 4.93. The van der Waals surface area contributed by atoms with Crippen LogP contribution in [0, 0.1) is 0 Å². The molecule has 1 aliphatic rings. The lowest BCUT2D eigenvalue weighted by Crippen LogP contribution is -2.13. The van der Waals surface area contributed by atoms with E-state index in [1.807, 2.05) is 18.5 Å². The van der Waals surface area contributed by atoms with Gasteiger partial charge in [0.15, 0.2) is 0 Å². The summed E-state index contributed by atoms with van der Waals surface area (Å²) in [5.41, 5.74) is 0. The van der Waals surface area contributed by atoms with Crippen LogP contribution in [0.4, 0.5) is 0 Å². The Hall–Kier alpha value is -1.05. The Labute approximate surface area is 61.4 Å². The van der Waals surface area contributed by atoms with Gasteiger partial charge in [0.2, 0.25) is 0 Å². The minimum atomic E-state index is 0.939. The molecular formula is C8H12N2. The van der Waals surface area contributed by atoms with Gasteiger partial charge >= 0.3 is 0 Å². The predicted molar refractivity (Wildman–Crippen MR) is 43.8 cm³/mol. The van der Waals surface area contributed by atoms with E-state index in [9.17, 15) is 0 Å². The van der Waals surface area contributed by atoms with Gasteiger partial charge in [-0.1, -0.05) is 19.1 Å². The maximum atomic E-state index is 4.08. The molecule has 1 heterocycles. The van der Waals surface area contributed by atoms with Crippen LogP contribution in [-0.4, -0.2) is 5.84 Å². The topological polar surface area (TPSA) is 24.4 Å². The molecule has 0 amide bonds. The third-order valence-corrected chi connectivity index (χ3v) is 1.25. The van der Waals surface area contributed by atoms with Crippen molar-refractivity contribution in [3.8, 4) is 0 Å². The van der Waals surface area contributed by atoms with Gasteiger partial charge in [-0.25, -0.2) is 4.99 Å². The van der Waals surface area contributed by atoms with E-state index in [0.29, 0.717) is 0 Å². The summed E-state index contributed by atoms with van der Waals surface area (Å²) < 4.78 is 0. The van der Waals surface area contributed by atoms with Crippen molar-refractivity contribution in [3.63, 3.8) is 0 Å². The summed E-state index contributed by atoms with van der Waals surface area (Å²) in [6.07, 6.45) is 9.86. The molecular weight excluding hydrogens is 124 g/mol. The summed E-state index contributed by atoms with van der Waals surface area (Å²) in [5.74, 6) is 1.03. The highest BCUT2D eigenvalue weighted by molar-refractivity contribution is 5.86. The van der Waals surface area contributed by atoms with Crippen LogP contribution in [0.5, 0.6) is 0 Å².